The van der Waals surface area contributed by atoms with E-state index in [0.29, 0.717) is 0 Å². The van der Waals surface area contributed by atoms with Crippen LogP contribution in [0.25, 0.3) is 5.69 Å². The number of carbonyl (C=O) groups is 1. The summed E-state index contributed by atoms with van der Waals surface area (Å²) >= 11 is 0. The van der Waals surface area contributed by atoms with Crippen LogP contribution < -0.4 is 0 Å². The number of hydrogen-bond donors (Lipinski definition) is 1. The summed E-state index contributed by atoms with van der Waals surface area (Å²) in [5.74, 6) is -2.19. The molecule has 0 aliphatic carbocycles. The van der Waals surface area contributed by atoms with Crippen molar-refractivity contribution in [3.05, 3.63) is 35.9 Å². The van der Waals surface area contributed by atoms with Crippen molar-refractivity contribution in [1.82, 2.24) is 20.2 Å². The maximum absolute atomic E-state index is 13.6. The zero-order valence-corrected chi connectivity index (χ0v) is 7.33. The molecular formula is C8H5FN4O2. The third-order valence-corrected chi connectivity index (χ3v) is 1.80. The summed E-state index contributed by atoms with van der Waals surface area (Å²) in [7, 11) is 0. The van der Waals surface area contributed by atoms with E-state index in [-0.39, 0.29) is 5.69 Å². The van der Waals surface area contributed by atoms with Crippen LogP contribution in [0.4, 0.5) is 4.39 Å². The zero-order valence-electron chi connectivity index (χ0n) is 7.33. The molecule has 7 heteroatoms. The Kier molecular flexibility index (Phi) is 2.13. The fraction of sp³-hybridized carbons (Fsp3) is 0. The zero-order chi connectivity index (χ0) is 10.8. The minimum absolute atomic E-state index is 0.0000926. The maximum atomic E-state index is 13.6. The lowest BCUT2D eigenvalue weighted by molar-refractivity contribution is 0.0692. The van der Waals surface area contributed by atoms with E-state index in [9.17, 15) is 9.18 Å². The Balaban J connectivity index is 2.59. The molecule has 0 unspecified atom stereocenters. The van der Waals surface area contributed by atoms with E-state index >= 15 is 0 Å². The summed E-state index contributed by atoms with van der Waals surface area (Å²) in [5, 5.41) is 18.8. The molecule has 1 aromatic heterocycles. The van der Waals surface area contributed by atoms with Crippen molar-refractivity contribution in [3.8, 4) is 5.69 Å². The highest BCUT2D eigenvalue weighted by atomic mass is 19.1. The second-order valence-corrected chi connectivity index (χ2v) is 2.70. The van der Waals surface area contributed by atoms with Crippen molar-refractivity contribution >= 4 is 5.97 Å². The summed E-state index contributed by atoms with van der Waals surface area (Å²) in [6.45, 7) is 0. The average Bonchev–Trinajstić information content (AvgIpc) is 2.70. The van der Waals surface area contributed by atoms with Crippen LogP contribution in [0.2, 0.25) is 0 Å². The molecule has 0 radical (unpaired) electrons. The van der Waals surface area contributed by atoms with E-state index in [1.54, 1.807) is 0 Å². The molecule has 1 N–H and O–H groups in total. The van der Waals surface area contributed by atoms with Crippen LogP contribution in [0.15, 0.2) is 24.5 Å². The molecule has 0 aliphatic heterocycles. The van der Waals surface area contributed by atoms with Gasteiger partial charge in [-0.15, -0.1) is 5.10 Å². The van der Waals surface area contributed by atoms with Gasteiger partial charge in [0, 0.05) is 0 Å². The molecule has 0 amide bonds. The summed E-state index contributed by atoms with van der Waals surface area (Å²) < 4.78 is 14.6. The predicted molar refractivity (Wildman–Crippen MR) is 46.1 cm³/mol. The van der Waals surface area contributed by atoms with Crippen LogP contribution in [-0.4, -0.2) is 31.3 Å². The predicted octanol–water partition coefficient (Wildman–Crippen LogP) is 0.500. The summed E-state index contributed by atoms with van der Waals surface area (Å²) in [4.78, 5) is 10.6. The second-order valence-electron chi connectivity index (χ2n) is 2.70. The second kappa shape index (κ2) is 3.45. The smallest absolute Gasteiger partial charge is 0.338 e. The standard InChI is InChI=1S/C8H5FN4O2/c9-7-5(8(14)15)2-1-3-6(7)13-4-10-11-12-13/h1-4H,(H,14,15). The molecule has 0 bridgehead atoms. The van der Waals surface area contributed by atoms with Crippen molar-refractivity contribution in [2.24, 2.45) is 0 Å². The van der Waals surface area contributed by atoms with Gasteiger partial charge in [0.15, 0.2) is 5.82 Å². The molecule has 15 heavy (non-hydrogen) atoms. The number of aromatic nitrogens is 4. The molecule has 6 nitrogen and oxygen atoms in total. The van der Waals surface area contributed by atoms with Crippen molar-refractivity contribution in [2.45, 2.75) is 0 Å². The van der Waals surface area contributed by atoms with Crippen LogP contribution in [0.3, 0.4) is 0 Å². The number of benzene rings is 1. The van der Waals surface area contributed by atoms with E-state index < -0.39 is 17.3 Å². The van der Waals surface area contributed by atoms with Crippen LogP contribution in [0.1, 0.15) is 10.4 Å². The molecule has 2 rings (SSSR count). The van der Waals surface area contributed by atoms with Gasteiger partial charge in [-0.25, -0.2) is 9.18 Å². The Morgan fingerprint density at radius 3 is 2.87 bits per heavy atom. The Morgan fingerprint density at radius 2 is 2.27 bits per heavy atom. The van der Waals surface area contributed by atoms with E-state index in [1.165, 1.54) is 24.5 Å². The van der Waals surface area contributed by atoms with Crippen LogP contribution >= 0.6 is 0 Å². The number of carboxylic acid groups (broad SMARTS) is 1. The first-order valence-electron chi connectivity index (χ1n) is 3.95. The van der Waals surface area contributed by atoms with E-state index in [1.807, 2.05) is 0 Å². The molecule has 1 heterocycles. The summed E-state index contributed by atoms with van der Waals surface area (Å²) in [5.41, 5.74) is -0.414. The molecular weight excluding hydrogens is 203 g/mol. The Labute approximate surface area is 83.0 Å². The highest BCUT2D eigenvalue weighted by Crippen LogP contribution is 2.15. The van der Waals surface area contributed by atoms with E-state index in [2.05, 4.69) is 15.5 Å². The first-order chi connectivity index (χ1) is 7.20. The molecule has 0 saturated carbocycles. The number of nitrogens with zero attached hydrogens (tertiary/aromatic N) is 4. The minimum atomic E-state index is -1.33. The molecule has 0 aliphatic rings. The highest BCUT2D eigenvalue weighted by Gasteiger charge is 2.15. The molecule has 0 atom stereocenters. The topological polar surface area (TPSA) is 80.9 Å². The lowest BCUT2D eigenvalue weighted by atomic mass is 10.2. The Hall–Kier alpha value is -2.31. The summed E-state index contributed by atoms with van der Waals surface area (Å²) in [6.07, 6.45) is 1.18. The van der Waals surface area contributed by atoms with Gasteiger partial charge in [-0.1, -0.05) is 6.07 Å². The van der Waals surface area contributed by atoms with Crippen LogP contribution in [0, 0.1) is 5.82 Å². The number of tetrazole rings is 1. The largest absolute Gasteiger partial charge is 0.478 e. The molecule has 2 aromatic rings. The normalized spacial score (nSPS) is 10.2. The number of carboxylic acids is 1. The third kappa shape index (κ3) is 1.54. The van der Waals surface area contributed by atoms with Gasteiger partial charge in [0.25, 0.3) is 0 Å². The van der Waals surface area contributed by atoms with Crippen molar-refractivity contribution in [2.75, 3.05) is 0 Å². The van der Waals surface area contributed by atoms with Gasteiger partial charge in [-0.05, 0) is 22.6 Å². The lowest BCUT2D eigenvalue weighted by Gasteiger charge is -2.03. The van der Waals surface area contributed by atoms with E-state index in [4.69, 9.17) is 5.11 Å². The SMILES string of the molecule is O=C(O)c1cccc(-n2cnnn2)c1F. The fourth-order valence-electron chi connectivity index (χ4n) is 1.13. The van der Waals surface area contributed by atoms with Gasteiger partial charge in [0.2, 0.25) is 0 Å². The van der Waals surface area contributed by atoms with Crippen molar-refractivity contribution < 1.29 is 14.3 Å². The summed E-state index contributed by atoms with van der Waals surface area (Å²) in [6, 6.07) is 3.98. The van der Waals surface area contributed by atoms with Crippen molar-refractivity contribution in [3.63, 3.8) is 0 Å². The monoisotopic (exact) mass is 208 g/mol. The van der Waals surface area contributed by atoms with Crippen LogP contribution in [0.5, 0.6) is 0 Å². The maximum Gasteiger partial charge on any atom is 0.338 e. The number of hydrogen-bond acceptors (Lipinski definition) is 4. The number of halogens is 1. The highest BCUT2D eigenvalue weighted by molar-refractivity contribution is 5.88. The van der Waals surface area contributed by atoms with Gasteiger partial charge in [0.1, 0.15) is 12.0 Å². The van der Waals surface area contributed by atoms with Crippen molar-refractivity contribution in [1.29, 1.82) is 0 Å². The first kappa shape index (κ1) is 9.25. The molecule has 0 saturated heterocycles. The molecule has 1 aromatic carbocycles. The molecule has 76 valence electrons. The van der Waals surface area contributed by atoms with Gasteiger partial charge < -0.3 is 5.11 Å². The third-order valence-electron chi connectivity index (χ3n) is 1.80. The van der Waals surface area contributed by atoms with Gasteiger partial charge in [-0.2, -0.15) is 4.68 Å². The number of rotatable bonds is 2. The van der Waals surface area contributed by atoms with Gasteiger partial charge in [0.05, 0.1) is 5.56 Å². The minimum Gasteiger partial charge on any atom is -0.478 e. The van der Waals surface area contributed by atoms with Gasteiger partial charge in [-0.3, -0.25) is 0 Å². The number of aromatic carboxylic acids is 1. The van der Waals surface area contributed by atoms with Crippen LogP contribution in [-0.2, 0) is 0 Å². The Bertz CT molecular complexity index is 497. The van der Waals surface area contributed by atoms with E-state index in [0.717, 1.165) is 4.68 Å². The fourth-order valence-corrected chi connectivity index (χ4v) is 1.13. The van der Waals surface area contributed by atoms with Gasteiger partial charge >= 0.3 is 5.97 Å². The Morgan fingerprint density at radius 1 is 1.47 bits per heavy atom. The lowest BCUT2D eigenvalue weighted by Crippen LogP contribution is -2.06. The quantitative estimate of drug-likeness (QED) is 0.777. The molecule has 0 spiro atoms. The first-order valence-corrected chi connectivity index (χ1v) is 3.95. The molecule has 0 fully saturated rings. The average molecular weight is 208 g/mol.